The summed E-state index contributed by atoms with van der Waals surface area (Å²) in [5.74, 6) is -1.86. The second-order valence-corrected chi connectivity index (χ2v) is 5.04. The molecule has 0 saturated carbocycles. The van der Waals surface area contributed by atoms with E-state index in [-0.39, 0.29) is 23.8 Å². The van der Waals surface area contributed by atoms with Crippen molar-refractivity contribution in [1.29, 1.82) is 0 Å². The number of carbonyl (C=O) groups is 1. The van der Waals surface area contributed by atoms with Crippen molar-refractivity contribution in [1.82, 2.24) is 10.2 Å². The van der Waals surface area contributed by atoms with Crippen molar-refractivity contribution in [2.75, 3.05) is 6.61 Å². The number of alkyl halides is 3. The number of aromatic nitrogens is 2. The Hall–Kier alpha value is -2.68. The molecule has 1 aromatic heterocycles. The van der Waals surface area contributed by atoms with Gasteiger partial charge in [0.05, 0.1) is 24.5 Å². The van der Waals surface area contributed by atoms with E-state index in [0.717, 1.165) is 18.2 Å². The molecule has 1 aliphatic heterocycles. The van der Waals surface area contributed by atoms with Gasteiger partial charge in [-0.25, -0.2) is 4.79 Å². The van der Waals surface area contributed by atoms with Crippen LogP contribution in [-0.4, -0.2) is 27.9 Å². The summed E-state index contributed by atoms with van der Waals surface area (Å²) in [6.07, 6.45) is -4.13. The maximum absolute atomic E-state index is 12.7. The Balaban J connectivity index is 2.00. The van der Waals surface area contributed by atoms with Gasteiger partial charge in [0.1, 0.15) is 11.3 Å². The molecule has 126 valence electrons. The number of benzene rings is 1. The molecule has 2 heterocycles. The van der Waals surface area contributed by atoms with Crippen LogP contribution in [0.15, 0.2) is 24.3 Å². The highest BCUT2D eigenvalue weighted by Crippen LogP contribution is 2.34. The van der Waals surface area contributed by atoms with E-state index in [9.17, 15) is 23.1 Å². The molecule has 0 unspecified atom stereocenters. The van der Waals surface area contributed by atoms with Crippen molar-refractivity contribution in [2.24, 2.45) is 0 Å². The first kappa shape index (κ1) is 16.2. The van der Waals surface area contributed by atoms with Crippen molar-refractivity contribution < 1.29 is 32.5 Å². The number of hydrogen-bond acceptors (Lipinski definition) is 5. The topological polar surface area (TPSA) is 81.5 Å². The van der Waals surface area contributed by atoms with E-state index in [2.05, 4.69) is 10.2 Å². The van der Waals surface area contributed by atoms with Gasteiger partial charge in [0.15, 0.2) is 0 Å². The highest BCUT2D eigenvalue weighted by Gasteiger charge is 2.31. The smallest absolute Gasteiger partial charge is 0.416 e. The van der Waals surface area contributed by atoms with E-state index >= 15 is 0 Å². The summed E-state index contributed by atoms with van der Waals surface area (Å²) in [5.41, 5.74) is -0.357. The number of fused-ring (bicyclic) bond motifs is 1. The van der Waals surface area contributed by atoms with Gasteiger partial charge >= 0.3 is 12.1 Å². The second kappa shape index (κ2) is 6.08. The molecule has 1 aromatic carbocycles. The SMILES string of the molecule is O=C(O)c1c(Oc2cccc(C(F)(F)F)c2)nnc2c1COCC2. The molecular weight excluding hydrogens is 329 g/mol. The zero-order valence-corrected chi connectivity index (χ0v) is 12.1. The summed E-state index contributed by atoms with van der Waals surface area (Å²) < 4.78 is 48.7. The lowest BCUT2D eigenvalue weighted by atomic mass is 10.0. The van der Waals surface area contributed by atoms with Gasteiger partial charge < -0.3 is 14.6 Å². The van der Waals surface area contributed by atoms with Crippen LogP contribution in [0.25, 0.3) is 0 Å². The molecule has 0 bridgehead atoms. The summed E-state index contributed by atoms with van der Waals surface area (Å²) >= 11 is 0. The Morgan fingerprint density at radius 3 is 2.79 bits per heavy atom. The molecule has 0 radical (unpaired) electrons. The van der Waals surface area contributed by atoms with Gasteiger partial charge in [-0.2, -0.15) is 18.3 Å². The van der Waals surface area contributed by atoms with E-state index < -0.39 is 17.7 Å². The van der Waals surface area contributed by atoms with E-state index in [1.165, 1.54) is 6.07 Å². The second-order valence-electron chi connectivity index (χ2n) is 5.04. The van der Waals surface area contributed by atoms with Gasteiger partial charge in [0.2, 0.25) is 0 Å². The fourth-order valence-electron chi connectivity index (χ4n) is 2.33. The fourth-order valence-corrected chi connectivity index (χ4v) is 2.33. The molecule has 3 rings (SSSR count). The predicted molar refractivity (Wildman–Crippen MR) is 73.9 cm³/mol. The first-order valence-electron chi connectivity index (χ1n) is 6.91. The lowest BCUT2D eigenvalue weighted by molar-refractivity contribution is -0.137. The molecule has 2 aromatic rings. The van der Waals surface area contributed by atoms with Gasteiger partial charge in [-0.05, 0) is 18.2 Å². The number of halogens is 3. The quantitative estimate of drug-likeness (QED) is 0.925. The maximum atomic E-state index is 12.7. The summed E-state index contributed by atoms with van der Waals surface area (Å²) in [4.78, 5) is 11.5. The van der Waals surface area contributed by atoms with E-state index in [0.29, 0.717) is 24.3 Å². The molecule has 6 nitrogen and oxygen atoms in total. The largest absolute Gasteiger partial charge is 0.477 e. The van der Waals surface area contributed by atoms with Gasteiger partial charge in [0.25, 0.3) is 5.88 Å². The molecule has 0 atom stereocenters. The van der Waals surface area contributed by atoms with E-state index in [1.807, 2.05) is 0 Å². The van der Waals surface area contributed by atoms with E-state index in [1.54, 1.807) is 0 Å². The number of hydrogen-bond donors (Lipinski definition) is 1. The first-order chi connectivity index (χ1) is 11.4. The van der Waals surface area contributed by atoms with Crippen LogP contribution >= 0.6 is 0 Å². The molecule has 0 saturated heterocycles. The van der Waals surface area contributed by atoms with E-state index in [4.69, 9.17) is 9.47 Å². The zero-order valence-electron chi connectivity index (χ0n) is 12.1. The Morgan fingerprint density at radius 1 is 1.29 bits per heavy atom. The minimum Gasteiger partial charge on any atom is -0.477 e. The number of carboxylic acids is 1. The van der Waals surface area contributed by atoms with Crippen molar-refractivity contribution >= 4 is 5.97 Å². The van der Waals surface area contributed by atoms with Crippen molar-refractivity contribution in [2.45, 2.75) is 19.2 Å². The summed E-state index contributed by atoms with van der Waals surface area (Å²) in [7, 11) is 0. The van der Waals surface area contributed by atoms with Gasteiger partial charge in [0, 0.05) is 12.0 Å². The molecule has 0 aliphatic carbocycles. The third-order valence-corrected chi connectivity index (χ3v) is 3.44. The van der Waals surface area contributed by atoms with Crippen molar-refractivity contribution in [3.05, 3.63) is 46.6 Å². The molecule has 1 N–H and O–H groups in total. The third kappa shape index (κ3) is 3.16. The van der Waals surface area contributed by atoms with Gasteiger partial charge in [-0.3, -0.25) is 0 Å². The molecule has 0 amide bonds. The number of rotatable bonds is 3. The Labute approximate surface area is 133 Å². The lowest BCUT2D eigenvalue weighted by Crippen LogP contribution is -2.18. The minimum atomic E-state index is -4.54. The van der Waals surface area contributed by atoms with Crippen LogP contribution < -0.4 is 4.74 Å². The normalized spacial score (nSPS) is 14.1. The zero-order chi connectivity index (χ0) is 17.3. The van der Waals surface area contributed by atoms with Crippen LogP contribution in [-0.2, 0) is 23.9 Å². The monoisotopic (exact) mass is 340 g/mol. The van der Waals surface area contributed by atoms with Crippen LogP contribution in [0.3, 0.4) is 0 Å². The average Bonchev–Trinajstić information content (AvgIpc) is 2.53. The summed E-state index contributed by atoms with van der Waals surface area (Å²) in [6, 6.07) is 4.09. The molecule has 24 heavy (non-hydrogen) atoms. The van der Waals surface area contributed by atoms with Crippen molar-refractivity contribution in [3.8, 4) is 11.6 Å². The summed E-state index contributed by atoms with van der Waals surface area (Å²) in [5, 5.41) is 17.0. The molecule has 0 fully saturated rings. The van der Waals surface area contributed by atoms with Crippen LogP contribution in [0.1, 0.15) is 27.2 Å². The average molecular weight is 340 g/mol. The predicted octanol–water partition coefficient (Wildman–Crippen LogP) is 3.06. The maximum Gasteiger partial charge on any atom is 0.416 e. The van der Waals surface area contributed by atoms with Crippen LogP contribution in [0, 0.1) is 0 Å². The van der Waals surface area contributed by atoms with Crippen molar-refractivity contribution in [3.63, 3.8) is 0 Å². The first-order valence-corrected chi connectivity index (χ1v) is 6.91. The van der Waals surface area contributed by atoms with Crippen LogP contribution in [0.4, 0.5) is 13.2 Å². The Bertz CT molecular complexity index is 793. The number of nitrogens with zero attached hydrogens (tertiary/aromatic N) is 2. The van der Waals surface area contributed by atoms with Crippen LogP contribution in [0.5, 0.6) is 11.6 Å². The highest BCUT2D eigenvalue weighted by atomic mass is 19.4. The summed E-state index contributed by atoms with van der Waals surface area (Å²) in [6.45, 7) is 0.431. The Kier molecular flexibility index (Phi) is 4.10. The molecule has 9 heteroatoms. The minimum absolute atomic E-state index is 0.0332. The molecular formula is C15H11F3N2O4. The Morgan fingerprint density at radius 2 is 2.08 bits per heavy atom. The van der Waals surface area contributed by atoms with Crippen LogP contribution in [0.2, 0.25) is 0 Å². The standard InChI is InChI=1S/C15H11F3N2O4/c16-15(17,18)8-2-1-3-9(6-8)24-13-12(14(21)22)10-7-23-5-4-11(10)19-20-13/h1-3,6H,4-5,7H2,(H,21,22). The van der Waals surface area contributed by atoms with Gasteiger partial charge in [-0.15, -0.1) is 5.10 Å². The fraction of sp³-hybridized carbons (Fsp3) is 0.267. The third-order valence-electron chi connectivity index (χ3n) is 3.44. The molecule has 0 spiro atoms. The highest BCUT2D eigenvalue weighted by molar-refractivity contribution is 5.92. The number of carboxylic acid groups (broad SMARTS) is 1. The number of aromatic carboxylic acids is 1. The van der Waals surface area contributed by atoms with Gasteiger partial charge in [-0.1, -0.05) is 6.07 Å². The number of ether oxygens (including phenoxy) is 2. The molecule has 1 aliphatic rings. The lowest BCUT2D eigenvalue weighted by Gasteiger charge is -2.18.